The van der Waals surface area contributed by atoms with Gasteiger partial charge in [0.2, 0.25) is 0 Å². The van der Waals surface area contributed by atoms with Crippen LogP contribution in [-0.2, 0) is 9.53 Å². The highest BCUT2D eigenvalue weighted by Gasteiger charge is 2.58. The lowest BCUT2D eigenvalue weighted by Gasteiger charge is -2.59. The highest BCUT2D eigenvalue weighted by Crippen LogP contribution is 2.60. The molecule has 6 rings (SSSR count). The fraction of sp³-hybridized carbons (Fsp3) is 0.950. The fourth-order valence-electron chi connectivity index (χ4n) is 7.43. The van der Waals surface area contributed by atoms with Gasteiger partial charge in [-0.15, -0.1) is 0 Å². The van der Waals surface area contributed by atoms with Gasteiger partial charge in [-0.1, -0.05) is 6.92 Å². The normalized spacial score (nSPS) is 58.3. The second-order valence-corrected chi connectivity index (χ2v) is 9.72. The topological polar surface area (TPSA) is 26.3 Å². The lowest BCUT2D eigenvalue weighted by Crippen LogP contribution is -2.58. The van der Waals surface area contributed by atoms with Crippen molar-refractivity contribution in [2.45, 2.75) is 70.8 Å². The van der Waals surface area contributed by atoms with Gasteiger partial charge in [0.15, 0.2) is 0 Å². The zero-order valence-corrected chi connectivity index (χ0v) is 14.1. The van der Waals surface area contributed by atoms with E-state index < -0.39 is 0 Å². The van der Waals surface area contributed by atoms with E-state index in [9.17, 15) is 4.79 Å². The molecule has 0 amide bonds. The first-order valence-electron chi connectivity index (χ1n) is 9.75. The maximum atomic E-state index is 12.9. The molecule has 0 heterocycles. The van der Waals surface area contributed by atoms with Gasteiger partial charge in [-0.25, -0.2) is 0 Å². The summed E-state index contributed by atoms with van der Waals surface area (Å²) in [5, 5.41) is 0. The van der Waals surface area contributed by atoms with Gasteiger partial charge in [0.1, 0.15) is 5.60 Å². The number of rotatable bonds is 2. The van der Waals surface area contributed by atoms with E-state index in [-0.39, 0.29) is 17.5 Å². The van der Waals surface area contributed by atoms with Crippen molar-refractivity contribution in [3.05, 3.63) is 0 Å². The second-order valence-electron chi connectivity index (χ2n) is 9.72. The van der Waals surface area contributed by atoms with E-state index in [0.717, 1.165) is 30.1 Å². The molecule has 2 nitrogen and oxygen atoms in total. The molecule has 6 fully saturated rings. The van der Waals surface area contributed by atoms with Crippen LogP contribution in [0.3, 0.4) is 0 Å². The smallest absolute Gasteiger partial charge is 0.309 e. The van der Waals surface area contributed by atoms with Gasteiger partial charge in [0, 0.05) is 0 Å². The summed E-state index contributed by atoms with van der Waals surface area (Å²) in [5.41, 5.74) is -0.127. The largest absolute Gasteiger partial charge is 0.459 e. The number of fused-ring (bicyclic) bond motifs is 2. The van der Waals surface area contributed by atoms with Crippen LogP contribution in [-0.4, -0.2) is 11.6 Å². The predicted molar refractivity (Wildman–Crippen MR) is 85.0 cm³/mol. The van der Waals surface area contributed by atoms with E-state index in [4.69, 9.17) is 4.74 Å². The highest BCUT2D eigenvalue weighted by atomic mass is 16.6. The Labute approximate surface area is 134 Å². The first-order valence-corrected chi connectivity index (χ1v) is 9.75. The van der Waals surface area contributed by atoms with E-state index in [1.807, 2.05) is 0 Å². The number of hydrogen-bond acceptors (Lipinski definition) is 2. The summed E-state index contributed by atoms with van der Waals surface area (Å²) in [6, 6.07) is 0. The first kappa shape index (κ1) is 13.9. The molecule has 22 heavy (non-hydrogen) atoms. The number of hydrogen-bond donors (Lipinski definition) is 0. The summed E-state index contributed by atoms with van der Waals surface area (Å²) in [4.78, 5) is 12.9. The highest BCUT2D eigenvalue weighted by molar-refractivity contribution is 5.74. The molecule has 0 aliphatic heterocycles. The van der Waals surface area contributed by atoms with Crippen molar-refractivity contribution in [2.24, 2.45) is 47.3 Å². The van der Waals surface area contributed by atoms with Crippen molar-refractivity contribution in [1.82, 2.24) is 0 Å². The molecule has 0 aromatic heterocycles. The molecule has 2 heteroatoms. The molecule has 6 saturated carbocycles. The van der Waals surface area contributed by atoms with Gasteiger partial charge in [-0.05, 0) is 99.7 Å². The minimum atomic E-state index is -0.127. The number of carbonyl (C=O) groups is 1. The van der Waals surface area contributed by atoms with Gasteiger partial charge < -0.3 is 4.74 Å². The molecule has 4 atom stereocenters. The van der Waals surface area contributed by atoms with Crippen molar-refractivity contribution in [2.75, 3.05) is 0 Å². The van der Waals surface area contributed by atoms with Crippen LogP contribution in [0.5, 0.6) is 0 Å². The van der Waals surface area contributed by atoms with Crippen LogP contribution in [0, 0.1) is 47.3 Å². The molecule has 0 N–H and O–H groups in total. The molecule has 0 saturated heterocycles. The Morgan fingerprint density at radius 1 is 0.864 bits per heavy atom. The van der Waals surface area contributed by atoms with Crippen molar-refractivity contribution in [3.8, 4) is 0 Å². The Kier molecular flexibility index (Phi) is 2.84. The Bertz CT molecular complexity index is 466. The average molecular weight is 302 g/mol. The van der Waals surface area contributed by atoms with E-state index >= 15 is 0 Å². The zero-order chi connectivity index (χ0) is 15.1. The summed E-state index contributed by atoms with van der Waals surface area (Å²) in [5.74, 6) is 5.88. The average Bonchev–Trinajstić information content (AvgIpc) is 3.03. The third-order valence-corrected chi connectivity index (χ3v) is 8.59. The second kappa shape index (κ2) is 4.51. The molecule has 0 radical (unpaired) electrons. The lowest BCUT2D eigenvalue weighted by atomic mass is 9.50. The fourth-order valence-corrected chi connectivity index (χ4v) is 7.43. The third-order valence-electron chi connectivity index (χ3n) is 8.59. The number of carbonyl (C=O) groups excluding carboxylic acids is 1. The molecule has 0 aromatic carbocycles. The zero-order valence-electron chi connectivity index (χ0n) is 14.1. The lowest BCUT2D eigenvalue weighted by molar-refractivity contribution is -0.208. The molecule has 6 bridgehead atoms. The molecule has 4 unspecified atom stereocenters. The first-order chi connectivity index (χ1) is 10.5. The summed E-state index contributed by atoms with van der Waals surface area (Å²) in [7, 11) is 0. The maximum Gasteiger partial charge on any atom is 0.309 e. The van der Waals surface area contributed by atoms with Crippen LogP contribution < -0.4 is 0 Å². The van der Waals surface area contributed by atoms with Crippen LogP contribution in [0.2, 0.25) is 0 Å². The number of ether oxygens (including phenoxy) is 1. The van der Waals surface area contributed by atoms with Crippen LogP contribution in [0.1, 0.15) is 65.2 Å². The standard InChI is InChI=1S/C20H30O2/c1-11-3-15-9-14(11)10-18(15)19(21)22-20(2)16-5-12-4-13(7-16)8-17(20)6-12/h11-18H,3-10H2,1-2H3. The van der Waals surface area contributed by atoms with E-state index in [1.165, 1.54) is 44.9 Å². The van der Waals surface area contributed by atoms with Crippen LogP contribution >= 0.6 is 0 Å². The SMILES string of the molecule is CC1CC2CC1CC2C(=O)OC1(C)C2CC3CC(C2)CC1C3. The molecular formula is C20H30O2. The quantitative estimate of drug-likeness (QED) is 0.706. The van der Waals surface area contributed by atoms with Gasteiger partial charge >= 0.3 is 5.97 Å². The van der Waals surface area contributed by atoms with Gasteiger partial charge in [0.05, 0.1) is 5.92 Å². The molecule has 6 aliphatic rings. The van der Waals surface area contributed by atoms with Crippen molar-refractivity contribution in [3.63, 3.8) is 0 Å². The predicted octanol–water partition coefficient (Wildman–Crippen LogP) is 4.43. The van der Waals surface area contributed by atoms with E-state index in [0.29, 0.717) is 17.8 Å². The van der Waals surface area contributed by atoms with E-state index in [2.05, 4.69) is 13.8 Å². The molecule has 0 spiro atoms. The summed E-state index contributed by atoms with van der Waals surface area (Å²) >= 11 is 0. The Balaban J connectivity index is 1.32. The van der Waals surface area contributed by atoms with Gasteiger partial charge in [0.25, 0.3) is 0 Å². The third kappa shape index (κ3) is 1.82. The Morgan fingerprint density at radius 2 is 1.50 bits per heavy atom. The summed E-state index contributed by atoms with van der Waals surface area (Å²) in [6.45, 7) is 4.65. The number of esters is 1. The summed E-state index contributed by atoms with van der Waals surface area (Å²) in [6.07, 6.45) is 10.4. The van der Waals surface area contributed by atoms with Crippen molar-refractivity contribution >= 4 is 5.97 Å². The molecular weight excluding hydrogens is 272 g/mol. The van der Waals surface area contributed by atoms with Crippen LogP contribution in [0.15, 0.2) is 0 Å². The van der Waals surface area contributed by atoms with Gasteiger partial charge in [-0.3, -0.25) is 4.79 Å². The van der Waals surface area contributed by atoms with E-state index in [1.54, 1.807) is 0 Å². The van der Waals surface area contributed by atoms with Crippen molar-refractivity contribution < 1.29 is 9.53 Å². The Morgan fingerprint density at radius 3 is 2.00 bits per heavy atom. The van der Waals surface area contributed by atoms with Crippen molar-refractivity contribution in [1.29, 1.82) is 0 Å². The van der Waals surface area contributed by atoms with Crippen LogP contribution in [0.4, 0.5) is 0 Å². The monoisotopic (exact) mass is 302 g/mol. The van der Waals surface area contributed by atoms with Crippen LogP contribution in [0.25, 0.3) is 0 Å². The molecule has 122 valence electrons. The summed E-state index contributed by atoms with van der Waals surface area (Å²) < 4.78 is 6.35. The minimum Gasteiger partial charge on any atom is -0.459 e. The molecule has 6 aliphatic carbocycles. The molecule has 0 aromatic rings. The van der Waals surface area contributed by atoms with Gasteiger partial charge in [-0.2, -0.15) is 0 Å². The maximum absolute atomic E-state index is 12.9. The minimum absolute atomic E-state index is 0.127. The Hall–Kier alpha value is -0.530.